The van der Waals surface area contributed by atoms with Crippen molar-refractivity contribution in [3.8, 4) is 5.75 Å². The van der Waals surface area contributed by atoms with Crippen molar-refractivity contribution >= 4 is 23.4 Å². The average Bonchev–Trinajstić information content (AvgIpc) is 2.83. The molecule has 1 aromatic rings. The third-order valence-corrected chi connectivity index (χ3v) is 6.55. The average molecular weight is 491 g/mol. The van der Waals surface area contributed by atoms with Crippen molar-refractivity contribution in [1.29, 1.82) is 0 Å². The highest BCUT2D eigenvalue weighted by Crippen LogP contribution is 2.27. The maximum absolute atomic E-state index is 13.4. The van der Waals surface area contributed by atoms with Gasteiger partial charge >= 0.3 is 0 Å². The molecule has 0 spiro atoms. The first-order valence-corrected chi connectivity index (χ1v) is 12.1. The summed E-state index contributed by atoms with van der Waals surface area (Å²) in [7, 11) is 3.35. The van der Waals surface area contributed by atoms with Crippen LogP contribution in [0.5, 0.6) is 5.75 Å². The summed E-state index contributed by atoms with van der Waals surface area (Å²) in [4.78, 5) is 43.8. The Kier molecular flexibility index (Phi) is 9.47. The molecule has 0 saturated carbocycles. The van der Waals surface area contributed by atoms with Crippen LogP contribution in [0.1, 0.15) is 31.1 Å². The van der Waals surface area contributed by atoms with Gasteiger partial charge in [-0.15, -0.1) is 0 Å². The molecular formula is C25H38N4O6. The molecule has 0 bridgehead atoms. The summed E-state index contributed by atoms with van der Waals surface area (Å²) in [5.74, 6) is -0.0299. The van der Waals surface area contributed by atoms with E-state index in [9.17, 15) is 14.4 Å². The van der Waals surface area contributed by atoms with Crippen LogP contribution in [-0.2, 0) is 19.1 Å². The summed E-state index contributed by atoms with van der Waals surface area (Å²) in [6, 6.07) is 4.74. The summed E-state index contributed by atoms with van der Waals surface area (Å²) in [6.45, 7) is 9.48. The maximum atomic E-state index is 13.4. The van der Waals surface area contributed by atoms with E-state index in [-0.39, 0.29) is 42.4 Å². The number of anilines is 1. The molecule has 1 N–H and O–H groups in total. The number of benzene rings is 1. The molecule has 3 rings (SSSR count). The molecule has 0 unspecified atom stereocenters. The normalized spacial score (nSPS) is 24.6. The summed E-state index contributed by atoms with van der Waals surface area (Å²) in [5.41, 5.74) is 0.929. The molecule has 194 valence electrons. The minimum Gasteiger partial charge on any atom is -0.491 e. The van der Waals surface area contributed by atoms with Crippen molar-refractivity contribution in [2.24, 2.45) is 5.92 Å². The summed E-state index contributed by atoms with van der Waals surface area (Å²) in [6.07, 6.45) is -0.253. The number of nitrogens with zero attached hydrogens (tertiary/aromatic N) is 3. The summed E-state index contributed by atoms with van der Waals surface area (Å²) in [5, 5.41) is 2.73. The van der Waals surface area contributed by atoms with Gasteiger partial charge in [-0.2, -0.15) is 0 Å². The second kappa shape index (κ2) is 12.3. The summed E-state index contributed by atoms with van der Waals surface area (Å²) < 4.78 is 17.3. The van der Waals surface area contributed by atoms with E-state index >= 15 is 0 Å². The highest BCUT2D eigenvalue weighted by molar-refractivity contribution is 5.98. The Morgan fingerprint density at radius 1 is 1.17 bits per heavy atom. The van der Waals surface area contributed by atoms with Gasteiger partial charge in [0.1, 0.15) is 12.4 Å². The maximum Gasteiger partial charge on any atom is 0.257 e. The number of methoxy groups -OCH3 is 1. The Morgan fingerprint density at radius 2 is 1.89 bits per heavy atom. The van der Waals surface area contributed by atoms with Crippen LogP contribution in [0.3, 0.4) is 0 Å². The van der Waals surface area contributed by atoms with Crippen LogP contribution in [0.15, 0.2) is 18.2 Å². The Hall–Kier alpha value is -2.69. The number of rotatable bonds is 4. The van der Waals surface area contributed by atoms with Crippen LogP contribution in [0, 0.1) is 5.92 Å². The van der Waals surface area contributed by atoms with Gasteiger partial charge in [0.25, 0.3) is 5.91 Å². The topological polar surface area (TPSA) is 101 Å². The van der Waals surface area contributed by atoms with Gasteiger partial charge in [-0.3, -0.25) is 19.3 Å². The Labute approximate surface area is 207 Å². The molecule has 3 atom stereocenters. The Balaban J connectivity index is 1.90. The highest BCUT2D eigenvalue weighted by Gasteiger charge is 2.31. The van der Waals surface area contributed by atoms with Gasteiger partial charge in [-0.05, 0) is 19.1 Å². The van der Waals surface area contributed by atoms with Gasteiger partial charge in [0.15, 0.2) is 0 Å². The van der Waals surface area contributed by atoms with E-state index in [1.807, 2.05) is 18.7 Å². The van der Waals surface area contributed by atoms with Gasteiger partial charge < -0.3 is 29.3 Å². The fraction of sp³-hybridized carbons (Fsp3) is 0.640. The first-order chi connectivity index (χ1) is 16.7. The predicted octanol–water partition coefficient (Wildman–Crippen LogP) is 1.31. The van der Waals surface area contributed by atoms with Gasteiger partial charge in [0.2, 0.25) is 11.8 Å². The van der Waals surface area contributed by atoms with Crippen LogP contribution in [0.2, 0.25) is 0 Å². The monoisotopic (exact) mass is 490 g/mol. The van der Waals surface area contributed by atoms with Crippen LogP contribution in [0.4, 0.5) is 5.69 Å². The Bertz CT molecular complexity index is 904. The molecule has 35 heavy (non-hydrogen) atoms. The van der Waals surface area contributed by atoms with E-state index in [0.29, 0.717) is 49.8 Å². The largest absolute Gasteiger partial charge is 0.491 e. The quantitative estimate of drug-likeness (QED) is 0.679. The molecule has 0 aliphatic carbocycles. The number of fused-ring (bicyclic) bond motifs is 1. The lowest BCUT2D eigenvalue weighted by molar-refractivity contribution is -0.137. The molecule has 3 amide bonds. The molecule has 0 aromatic heterocycles. The number of hydrogen-bond donors (Lipinski definition) is 1. The van der Waals surface area contributed by atoms with E-state index in [2.05, 4.69) is 10.2 Å². The van der Waals surface area contributed by atoms with Crippen LogP contribution in [0.25, 0.3) is 0 Å². The predicted molar refractivity (Wildman–Crippen MR) is 132 cm³/mol. The number of ether oxygens (including phenoxy) is 3. The molecule has 1 saturated heterocycles. The van der Waals surface area contributed by atoms with Crippen molar-refractivity contribution in [3.63, 3.8) is 0 Å². The van der Waals surface area contributed by atoms with E-state index in [1.54, 1.807) is 37.3 Å². The lowest BCUT2D eigenvalue weighted by Gasteiger charge is -2.37. The molecule has 1 fully saturated rings. The Morgan fingerprint density at radius 3 is 2.54 bits per heavy atom. The third-order valence-electron chi connectivity index (χ3n) is 6.55. The van der Waals surface area contributed by atoms with E-state index in [1.165, 1.54) is 6.92 Å². The molecule has 1 aromatic carbocycles. The molecule has 10 heteroatoms. The summed E-state index contributed by atoms with van der Waals surface area (Å²) >= 11 is 0. The zero-order valence-corrected chi connectivity index (χ0v) is 21.4. The van der Waals surface area contributed by atoms with Gasteiger partial charge in [0, 0.05) is 64.9 Å². The van der Waals surface area contributed by atoms with Crippen molar-refractivity contribution in [3.05, 3.63) is 23.8 Å². The molecule has 2 aliphatic rings. The van der Waals surface area contributed by atoms with Gasteiger partial charge in [-0.25, -0.2) is 0 Å². The van der Waals surface area contributed by atoms with Crippen molar-refractivity contribution in [2.75, 3.05) is 72.0 Å². The number of carbonyl (C=O) groups is 3. The number of hydrogen-bond acceptors (Lipinski definition) is 7. The lowest BCUT2D eigenvalue weighted by Crippen LogP contribution is -2.52. The van der Waals surface area contributed by atoms with Gasteiger partial charge in [-0.1, -0.05) is 6.92 Å². The van der Waals surface area contributed by atoms with Crippen LogP contribution >= 0.6 is 0 Å². The number of amides is 3. The minimum atomic E-state index is -0.253. The second-order valence-electron chi connectivity index (χ2n) is 9.42. The standard InChI is InChI=1S/C25H38N4O6/c1-17-13-29(24(31)15-28-8-10-34-11-9-28)18(2)16-35-22-12-20(26-19(3)30)6-7-21(22)25(32)27(4)14-23(17)33-5/h6-7,12,17-18,23H,8-11,13-16H2,1-5H3,(H,26,30)/t17-,18-,23+/m0/s1. The first kappa shape index (κ1) is 26.9. The fourth-order valence-electron chi connectivity index (χ4n) is 4.44. The SMILES string of the molecule is CO[C@@H]1CN(C)C(=O)c2ccc(NC(C)=O)cc2OC[C@H](C)N(C(=O)CN2CCOCC2)C[C@@H]1C. The lowest BCUT2D eigenvalue weighted by atomic mass is 10.0. The van der Waals surface area contributed by atoms with E-state index in [4.69, 9.17) is 14.2 Å². The molecule has 2 aliphatic heterocycles. The number of morpholine rings is 1. The van der Waals surface area contributed by atoms with Crippen LogP contribution in [-0.4, -0.2) is 111 Å². The van der Waals surface area contributed by atoms with Crippen molar-refractivity contribution in [2.45, 2.75) is 32.9 Å². The zero-order chi connectivity index (χ0) is 25.5. The second-order valence-corrected chi connectivity index (χ2v) is 9.42. The van der Waals surface area contributed by atoms with Crippen LogP contribution < -0.4 is 10.1 Å². The van der Waals surface area contributed by atoms with Crippen molar-refractivity contribution < 1.29 is 28.6 Å². The van der Waals surface area contributed by atoms with Crippen molar-refractivity contribution in [1.82, 2.24) is 14.7 Å². The third kappa shape index (κ3) is 7.16. The molecule has 10 nitrogen and oxygen atoms in total. The van der Waals surface area contributed by atoms with E-state index < -0.39 is 0 Å². The minimum absolute atomic E-state index is 0.00706. The molecule has 2 heterocycles. The first-order valence-electron chi connectivity index (χ1n) is 12.1. The zero-order valence-electron chi connectivity index (χ0n) is 21.4. The molecule has 0 radical (unpaired) electrons. The van der Waals surface area contributed by atoms with E-state index in [0.717, 1.165) is 13.1 Å². The molecular weight excluding hydrogens is 452 g/mol. The number of carbonyl (C=O) groups excluding carboxylic acids is 3. The highest BCUT2D eigenvalue weighted by atomic mass is 16.5. The van der Waals surface area contributed by atoms with Gasteiger partial charge in [0.05, 0.1) is 37.5 Å². The number of nitrogens with one attached hydrogen (secondary N) is 1. The number of likely N-dealkylation sites (N-methyl/N-ethyl adjacent to an activating group) is 1. The smallest absolute Gasteiger partial charge is 0.257 e. The fourth-order valence-corrected chi connectivity index (χ4v) is 4.44.